The number of carbonyl (C=O) groups is 3. The highest BCUT2D eigenvalue weighted by molar-refractivity contribution is 6.53. The summed E-state index contributed by atoms with van der Waals surface area (Å²) in [6.45, 7) is 3.65. The molecule has 0 atom stereocenters. The van der Waals surface area contributed by atoms with Crippen LogP contribution in [-0.2, 0) is 9.59 Å². The van der Waals surface area contributed by atoms with Crippen molar-refractivity contribution in [1.29, 1.82) is 0 Å². The van der Waals surface area contributed by atoms with Crippen LogP contribution in [0.4, 0.5) is 11.4 Å². The number of nitrogens with one attached hydrogen (secondary N) is 1. The molecule has 1 N–H and O–H groups in total. The van der Waals surface area contributed by atoms with Crippen LogP contribution in [0, 0.1) is 13.8 Å². The van der Waals surface area contributed by atoms with Gasteiger partial charge in [-0.15, -0.1) is 0 Å². The SMILES string of the molecule is Cc1cccc(OC(=O)c2ccc(NC3=C(Cl)C(=O)N(c4ccc(Cl)cc4C)C3=O)cc2)c1. The molecule has 0 radical (unpaired) electrons. The molecule has 1 aliphatic rings. The molecule has 8 heteroatoms. The summed E-state index contributed by atoms with van der Waals surface area (Å²) in [4.78, 5) is 39.0. The van der Waals surface area contributed by atoms with Crippen LogP contribution >= 0.6 is 23.2 Å². The highest BCUT2D eigenvalue weighted by atomic mass is 35.5. The molecule has 0 saturated carbocycles. The smallest absolute Gasteiger partial charge is 0.343 e. The normalized spacial score (nSPS) is 13.5. The van der Waals surface area contributed by atoms with Gasteiger partial charge in [0.2, 0.25) is 0 Å². The molecule has 3 aromatic carbocycles. The second-order valence-electron chi connectivity index (χ2n) is 7.47. The lowest BCUT2D eigenvalue weighted by molar-refractivity contribution is -0.120. The number of halogens is 2. The van der Waals surface area contributed by atoms with E-state index in [2.05, 4.69) is 5.32 Å². The number of hydrogen-bond acceptors (Lipinski definition) is 5. The van der Waals surface area contributed by atoms with E-state index in [9.17, 15) is 14.4 Å². The lowest BCUT2D eigenvalue weighted by atomic mass is 10.2. The molecular weight excluding hydrogens is 463 g/mol. The summed E-state index contributed by atoms with van der Waals surface area (Å²) in [6, 6.07) is 18.3. The fourth-order valence-electron chi connectivity index (χ4n) is 3.38. The summed E-state index contributed by atoms with van der Waals surface area (Å²) >= 11 is 12.2. The highest BCUT2D eigenvalue weighted by Crippen LogP contribution is 2.33. The third-order valence-corrected chi connectivity index (χ3v) is 5.60. The number of benzene rings is 3. The summed E-state index contributed by atoms with van der Waals surface area (Å²) < 4.78 is 5.38. The summed E-state index contributed by atoms with van der Waals surface area (Å²) in [7, 11) is 0. The standard InChI is InChI=1S/C25H18Cl2N2O4/c1-14-4-3-5-19(12-14)33-25(32)16-6-9-18(10-7-16)28-22-21(27)23(30)29(24(22)31)20-11-8-17(26)13-15(20)2/h3-13,28H,1-2H3. The minimum absolute atomic E-state index is 0.0499. The number of amides is 2. The van der Waals surface area contributed by atoms with Crippen molar-refractivity contribution in [2.24, 2.45) is 0 Å². The molecule has 0 saturated heterocycles. The highest BCUT2D eigenvalue weighted by Gasteiger charge is 2.39. The molecule has 1 aliphatic heterocycles. The third-order valence-electron chi connectivity index (χ3n) is 5.02. The van der Waals surface area contributed by atoms with Crippen LogP contribution in [0.5, 0.6) is 5.75 Å². The van der Waals surface area contributed by atoms with Gasteiger partial charge >= 0.3 is 5.97 Å². The molecule has 1 heterocycles. The molecule has 0 fully saturated rings. The number of esters is 1. The average Bonchev–Trinajstić information content (AvgIpc) is 2.98. The van der Waals surface area contributed by atoms with Gasteiger partial charge in [-0.25, -0.2) is 9.69 Å². The van der Waals surface area contributed by atoms with E-state index in [0.29, 0.717) is 33.3 Å². The lowest BCUT2D eigenvalue weighted by Crippen LogP contribution is -2.32. The molecule has 3 aromatic rings. The molecule has 33 heavy (non-hydrogen) atoms. The quantitative estimate of drug-likeness (QED) is 0.291. The van der Waals surface area contributed by atoms with Gasteiger partial charge in [0.25, 0.3) is 11.8 Å². The zero-order valence-corrected chi connectivity index (χ0v) is 19.2. The molecule has 0 aromatic heterocycles. The summed E-state index contributed by atoms with van der Waals surface area (Å²) in [5.74, 6) is -1.28. The van der Waals surface area contributed by atoms with Crippen LogP contribution in [-0.4, -0.2) is 17.8 Å². The van der Waals surface area contributed by atoms with Crippen molar-refractivity contribution in [3.05, 3.63) is 99.2 Å². The van der Waals surface area contributed by atoms with Gasteiger partial charge in [-0.1, -0.05) is 35.3 Å². The van der Waals surface area contributed by atoms with Crippen molar-refractivity contribution in [3.8, 4) is 5.75 Å². The number of rotatable bonds is 5. The third kappa shape index (κ3) is 4.62. The number of imide groups is 1. The first kappa shape index (κ1) is 22.6. The maximum absolute atomic E-state index is 13.0. The van der Waals surface area contributed by atoms with Gasteiger partial charge in [0.05, 0.1) is 11.3 Å². The van der Waals surface area contributed by atoms with Crippen LogP contribution in [0.25, 0.3) is 0 Å². The van der Waals surface area contributed by atoms with Gasteiger partial charge in [0, 0.05) is 10.7 Å². The van der Waals surface area contributed by atoms with Crippen LogP contribution in [0.1, 0.15) is 21.5 Å². The van der Waals surface area contributed by atoms with Crippen molar-refractivity contribution >= 4 is 52.4 Å². The molecule has 2 amide bonds. The Bertz CT molecular complexity index is 1320. The summed E-state index contributed by atoms with van der Waals surface area (Å²) in [5.41, 5.74) is 2.79. The number of nitrogens with zero attached hydrogens (tertiary/aromatic N) is 1. The van der Waals surface area contributed by atoms with Crippen LogP contribution in [0.15, 0.2) is 77.5 Å². The van der Waals surface area contributed by atoms with Crippen LogP contribution in [0.2, 0.25) is 5.02 Å². The number of aryl methyl sites for hydroxylation is 2. The number of carbonyl (C=O) groups excluding carboxylic acids is 3. The molecule has 0 spiro atoms. The predicted octanol–water partition coefficient (Wildman–Crippen LogP) is 5.61. The Kier molecular flexibility index (Phi) is 6.22. The molecular formula is C25H18Cl2N2O4. The first-order valence-electron chi connectivity index (χ1n) is 9.95. The molecule has 0 bridgehead atoms. The van der Waals surface area contributed by atoms with E-state index in [0.717, 1.165) is 10.5 Å². The van der Waals surface area contributed by atoms with E-state index in [1.165, 1.54) is 0 Å². The summed E-state index contributed by atoms with van der Waals surface area (Å²) in [5, 5.41) is 3.15. The zero-order chi connectivity index (χ0) is 23.7. The van der Waals surface area contributed by atoms with E-state index < -0.39 is 17.8 Å². The van der Waals surface area contributed by atoms with Gasteiger partial charge in [-0.05, 0) is 79.6 Å². The van der Waals surface area contributed by atoms with Gasteiger partial charge in [-0.2, -0.15) is 0 Å². The second kappa shape index (κ2) is 9.10. The average molecular weight is 481 g/mol. The first-order valence-corrected chi connectivity index (χ1v) is 10.7. The molecule has 4 rings (SSSR count). The number of ether oxygens (including phenoxy) is 1. The minimum Gasteiger partial charge on any atom is -0.423 e. The first-order chi connectivity index (χ1) is 15.7. The second-order valence-corrected chi connectivity index (χ2v) is 8.29. The fourth-order valence-corrected chi connectivity index (χ4v) is 3.82. The Labute approximate surface area is 200 Å². The monoisotopic (exact) mass is 480 g/mol. The van der Waals surface area contributed by atoms with Gasteiger partial charge in [-0.3, -0.25) is 9.59 Å². The number of anilines is 2. The van der Waals surface area contributed by atoms with Crippen molar-refractivity contribution in [2.75, 3.05) is 10.2 Å². The van der Waals surface area contributed by atoms with E-state index in [-0.39, 0.29) is 10.7 Å². The Morgan fingerprint density at radius 3 is 2.30 bits per heavy atom. The lowest BCUT2D eigenvalue weighted by Gasteiger charge is -2.17. The Morgan fingerprint density at radius 1 is 0.909 bits per heavy atom. The summed E-state index contributed by atoms with van der Waals surface area (Å²) in [6.07, 6.45) is 0. The Hall–Kier alpha value is -3.61. The molecule has 0 unspecified atom stereocenters. The van der Waals surface area contributed by atoms with E-state index in [4.69, 9.17) is 27.9 Å². The van der Waals surface area contributed by atoms with Crippen molar-refractivity contribution in [1.82, 2.24) is 0 Å². The Morgan fingerprint density at radius 2 is 1.64 bits per heavy atom. The van der Waals surface area contributed by atoms with Gasteiger partial charge in [0.15, 0.2) is 0 Å². The zero-order valence-electron chi connectivity index (χ0n) is 17.7. The van der Waals surface area contributed by atoms with Crippen LogP contribution < -0.4 is 15.0 Å². The molecule has 0 aliphatic carbocycles. The van der Waals surface area contributed by atoms with Crippen molar-refractivity contribution in [2.45, 2.75) is 13.8 Å². The predicted molar refractivity (Wildman–Crippen MR) is 128 cm³/mol. The van der Waals surface area contributed by atoms with E-state index in [1.54, 1.807) is 67.6 Å². The maximum Gasteiger partial charge on any atom is 0.343 e. The van der Waals surface area contributed by atoms with Crippen LogP contribution in [0.3, 0.4) is 0 Å². The van der Waals surface area contributed by atoms with E-state index in [1.807, 2.05) is 13.0 Å². The largest absolute Gasteiger partial charge is 0.423 e. The van der Waals surface area contributed by atoms with Crippen molar-refractivity contribution in [3.63, 3.8) is 0 Å². The number of hydrogen-bond donors (Lipinski definition) is 1. The molecule has 6 nitrogen and oxygen atoms in total. The topological polar surface area (TPSA) is 75.7 Å². The van der Waals surface area contributed by atoms with Gasteiger partial charge < -0.3 is 10.1 Å². The Balaban J connectivity index is 1.50. The van der Waals surface area contributed by atoms with Crippen molar-refractivity contribution < 1.29 is 19.1 Å². The maximum atomic E-state index is 13.0. The van der Waals surface area contributed by atoms with E-state index >= 15 is 0 Å². The van der Waals surface area contributed by atoms with Gasteiger partial charge in [0.1, 0.15) is 16.5 Å². The fraction of sp³-hybridized carbons (Fsp3) is 0.0800. The minimum atomic E-state index is -0.632. The molecule has 166 valence electrons.